The summed E-state index contributed by atoms with van der Waals surface area (Å²) in [6.07, 6.45) is 6.13. The minimum atomic E-state index is -3.77. The molecule has 0 saturated carbocycles. The van der Waals surface area contributed by atoms with Crippen molar-refractivity contribution in [3.8, 4) is 22.6 Å². The quantitative estimate of drug-likeness (QED) is 0.140. The molecular weight excluding hydrogens is 590 g/mol. The van der Waals surface area contributed by atoms with Gasteiger partial charge < -0.3 is 24.3 Å². The van der Waals surface area contributed by atoms with Crippen LogP contribution in [0, 0.1) is 0 Å². The van der Waals surface area contributed by atoms with Gasteiger partial charge in [-0.15, -0.1) is 11.6 Å². The van der Waals surface area contributed by atoms with Crippen LogP contribution in [0.3, 0.4) is 0 Å². The minimum absolute atomic E-state index is 0.00908. The van der Waals surface area contributed by atoms with Crippen LogP contribution in [0.15, 0.2) is 59.6 Å². The third-order valence-electron chi connectivity index (χ3n) is 6.85. The molecule has 1 amide bonds. The Bertz CT molecular complexity index is 1360. The second-order valence-corrected chi connectivity index (χ2v) is 12.5. The molecule has 2 aromatic carbocycles. The highest BCUT2D eigenvalue weighted by molar-refractivity contribution is 7.89. The second-order valence-electron chi connectivity index (χ2n) is 10.3. The molecule has 0 aliphatic rings. The summed E-state index contributed by atoms with van der Waals surface area (Å²) in [7, 11) is 2.17. The Morgan fingerprint density at radius 2 is 1.53 bits per heavy atom. The fourth-order valence-electron chi connectivity index (χ4n) is 4.37. The minimum Gasteiger partial charge on any atom is -0.379 e. The molecule has 2 N–H and O–H groups in total. The second kappa shape index (κ2) is 18.0. The molecule has 1 heterocycles. The first-order valence-electron chi connectivity index (χ1n) is 14.6. The number of amides is 1. The van der Waals surface area contributed by atoms with E-state index >= 15 is 0 Å². The number of alkyl halides is 1. The van der Waals surface area contributed by atoms with Crippen molar-refractivity contribution in [1.82, 2.24) is 19.6 Å². The maximum absolute atomic E-state index is 12.8. The highest BCUT2D eigenvalue weighted by atomic mass is 35.5. The Morgan fingerprint density at radius 3 is 2.21 bits per heavy atom. The van der Waals surface area contributed by atoms with Crippen LogP contribution in [0.2, 0.25) is 0 Å². The number of carbonyl (C=O) groups excluding carboxylic acids is 1. The van der Waals surface area contributed by atoms with Gasteiger partial charge in [-0.25, -0.2) is 18.1 Å². The van der Waals surface area contributed by atoms with E-state index in [1.807, 2.05) is 36.8 Å². The number of nitrogens with one attached hydrogen (secondary N) is 2. The van der Waals surface area contributed by atoms with Crippen molar-refractivity contribution in [3.05, 3.63) is 54.7 Å². The van der Waals surface area contributed by atoms with Gasteiger partial charge in [0.2, 0.25) is 15.9 Å². The van der Waals surface area contributed by atoms with Gasteiger partial charge in [0.25, 0.3) is 0 Å². The third kappa shape index (κ3) is 11.2. The van der Waals surface area contributed by atoms with Crippen molar-refractivity contribution < 1.29 is 22.7 Å². The number of aromatic nitrogens is 2. The molecular formula is C31H44ClN5O5S. The lowest BCUT2D eigenvalue weighted by Gasteiger charge is -2.13. The summed E-state index contributed by atoms with van der Waals surface area (Å²) in [5, 5.41) is 2.73. The lowest BCUT2D eigenvalue weighted by atomic mass is 10.1. The van der Waals surface area contributed by atoms with Gasteiger partial charge in [0.05, 0.1) is 36.6 Å². The first-order chi connectivity index (χ1) is 20.7. The van der Waals surface area contributed by atoms with Crippen LogP contribution < -0.4 is 14.9 Å². The molecule has 236 valence electrons. The van der Waals surface area contributed by atoms with E-state index in [1.165, 1.54) is 0 Å². The van der Waals surface area contributed by atoms with Crippen LogP contribution in [0.5, 0.6) is 0 Å². The number of hydrogen-bond acceptors (Lipinski definition) is 7. The van der Waals surface area contributed by atoms with E-state index in [9.17, 15) is 13.2 Å². The maximum Gasteiger partial charge on any atom is 0.240 e. The number of anilines is 1. The summed E-state index contributed by atoms with van der Waals surface area (Å²) < 4.78 is 41.0. The number of nitrogens with zero attached hydrogens (tertiary/aromatic N) is 3. The molecule has 0 aliphatic carbocycles. The average Bonchev–Trinajstić information content (AvgIpc) is 3.38. The summed E-state index contributed by atoms with van der Waals surface area (Å²) >= 11 is 5.65. The van der Waals surface area contributed by atoms with Gasteiger partial charge >= 0.3 is 0 Å². The van der Waals surface area contributed by atoms with Crippen molar-refractivity contribution in [2.45, 2.75) is 37.0 Å². The molecule has 0 saturated heterocycles. The van der Waals surface area contributed by atoms with Crippen molar-refractivity contribution >= 4 is 33.2 Å². The number of imidazole rings is 1. The molecule has 3 aromatic rings. The summed E-state index contributed by atoms with van der Waals surface area (Å²) in [5.74, 6) is 1.18. The van der Waals surface area contributed by atoms with Crippen molar-refractivity contribution in [2.24, 2.45) is 7.05 Å². The van der Waals surface area contributed by atoms with E-state index in [2.05, 4.69) is 39.3 Å². The summed E-state index contributed by atoms with van der Waals surface area (Å²) in [6.45, 7) is 2.39. The molecule has 0 aliphatic heterocycles. The zero-order valence-electron chi connectivity index (χ0n) is 25.4. The number of carbonyl (C=O) groups is 1. The number of halogens is 1. The topological polar surface area (TPSA) is 115 Å². The van der Waals surface area contributed by atoms with Gasteiger partial charge in [-0.05, 0) is 54.8 Å². The first-order valence-corrected chi connectivity index (χ1v) is 16.6. The first kappa shape index (κ1) is 34.5. The third-order valence-corrected chi connectivity index (χ3v) is 8.59. The molecule has 0 unspecified atom stereocenters. The van der Waals surface area contributed by atoms with E-state index in [0.717, 1.165) is 54.0 Å². The zero-order valence-corrected chi connectivity index (χ0v) is 26.9. The van der Waals surface area contributed by atoms with E-state index in [4.69, 9.17) is 21.1 Å². The average molecular weight is 634 g/mol. The SMILES string of the molecule is CN(C)c1ccc(-c2cnc(-c3ccc(S(=O)(=O)NCCC(=O)NCCOCCOCCCCCCCl)cc3)n2C)cc1. The van der Waals surface area contributed by atoms with Crippen molar-refractivity contribution in [2.75, 3.05) is 64.4 Å². The Morgan fingerprint density at radius 1 is 0.884 bits per heavy atom. The molecule has 0 spiro atoms. The summed E-state index contributed by atoms with van der Waals surface area (Å²) in [5.41, 5.74) is 3.90. The Kier molecular flexibility index (Phi) is 14.4. The van der Waals surface area contributed by atoms with Crippen LogP contribution in [0.4, 0.5) is 5.69 Å². The number of unbranched alkanes of at least 4 members (excludes halogenated alkanes) is 3. The molecule has 0 atom stereocenters. The van der Waals surface area contributed by atoms with Gasteiger partial charge in [-0.2, -0.15) is 0 Å². The maximum atomic E-state index is 12.8. The van der Waals surface area contributed by atoms with Crippen LogP contribution in [0.1, 0.15) is 32.1 Å². The Balaban J connectivity index is 1.37. The molecule has 0 bridgehead atoms. The predicted molar refractivity (Wildman–Crippen MR) is 172 cm³/mol. The normalized spacial score (nSPS) is 11.5. The largest absolute Gasteiger partial charge is 0.379 e. The van der Waals surface area contributed by atoms with Gasteiger partial charge in [0.15, 0.2) is 0 Å². The Hall–Kier alpha value is -2.96. The fourth-order valence-corrected chi connectivity index (χ4v) is 5.59. The van der Waals surface area contributed by atoms with Gasteiger partial charge in [-0.3, -0.25) is 4.79 Å². The number of hydrogen-bond donors (Lipinski definition) is 2. The van der Waals surface area contributed by atoms with E-state index in [0.29, 0.717) is 38.9 Å². The van der Waals surface area contributed by atoms with Gasteiger partial charge in [0, 0.05) is 64.4 Å². The Labute approximate surface area is 260 Å². The van der Waals surface area contributed by atoms with Crippen LogP contribution in [-0.2, 0) is 31.3 Å². The monoisotopic (exact) mass is 633 g/mol. The van der Waals surface area contributed by atoms with E-state index in [1.54, 1.807) is 24.3 Å². The molecule has 10 nitrogen and oxygen atoms in total. The van der Waals surface area contributed by atoms with Crippen LogP contribution >= 0.6 is 11.6 Å². The number of sulfonamides is 1. The summed E-state index contributed by atoms with van der Waals surface area (Å²) in [4.78, 5) is 18.8. The molecule has 12 heteroatoms. The zero-order chi connectivity index (χ0) is 31.1. The number of benzene rings is 2. The molecule has 1 aromatic heterocycles. The highest BCUT2D eigenvalue weighted by Gasteiger charge is 2.16. The standard InChI is InChI=1S/C31H44ClN5O5S/c1-36(2)27-12-8-25(9-13-27)29-24-34-31(37(29)3)26-10-14-28(15-11-26)43(39,40)35-18-16-30(38)33-19-21-42-23-22-41-20-7-5-4-6-17-32/h8-15,24,35H,4-7,16-23H2,1-3H3,(H,33,38). The lowest BCUT2D eigenvalue weighted by Crippen LogP contribution is -2.32. The molecule has 43 heavy (non-hydrogen) atoms. The predicted octanol–water partition coefficient (Wildman–Crippen LogP) is 4.44. The molecule has 0 fully saturated rings. The van der Waals surface area contributed by atoms with E-state index in [-0.39, 0.29) is 23.8 Å². The van der Waals surface area contributed by atoms with Gasteiger partial charge in [0.1, 0.15) is 5.82 Å². The van der Waals surface area contributed by atoms with Gasteiger partial charge in [-0.1, -0.05) is 25.0 Å². The number of ether oxygens (including phenoxy) is 2. The lowest BCUT2D eigenvalue weighted by molar-refractivity contribution is -0.121. The van der Waals surface area contributed by atoms with Crippen LogP contribution in [-0.4, -0.2) is 83.4 Å². The van der Waals surface area contributed by atoms with Crippen LogP contribution in [0.25, 0.3) is 22.6 Å². The highest BCUT2D eigenvalue weighted by Crippen LogP contribution is 2.27. The molecule has 3 rings (SSSR count). The number of rotatable bonds is 20. The van der Waals surface area contributed by atoms with Crippen molar-refractivity contribution in [1.29, 1.82) is 0 Å². The smallest absolute Gasteiger partial charge is 0.240 e. The van der Waals surface area contributed by atoms with E-state index < -0.39 is 10.0 Å². The molecule has 0 radical (unpaired) electrons. The fraction of sp³-hybridized carbons (Fsp3) is 0.484. The summed E-state index contributed by atoms with van der Waals surface area (Å²) in [6, 6.07) is 14.8. The van der Waals surface area contributed by atoms with Crippen molar-refractivity contribution in [3.63, 3.8) is 0 Å².